The minimum absolute atomic E-state index is 0.109. The number of aliphatic hydroxyl groups is 1. The van der Waals surface area contributed by atoms with Gasteiger partial charge in [0.05, 0.1) is 19.2 Å². The Bertz CT molecular complexity index is 490. The van der Waals surface area contributed by atoms with Crippen LogP contribution in [0.5, 0.6) is 0 Å². The smallest absolute Gasteiger partial charge is 0.327 e. The highest BCUT2D eigenvalue weighted by Gasteiger charge is 2.26. The molecule has 0 spiro atoms. The lowest BCUT2D eigenvalue weighted by atomic mass is 9.99. The van der Waals surface area contributed by atoms with Crippen molar-refractivity contribution in [2.45, 2.75) is 38.4 Å². The number of rotatable bonds is 11. The third kappa shape index (κ3) is 8.18. The van der Waals surface area contributed by atoms with E-state index in [-0.39, 0.29) is 11.7 Å². The van der Waals surface area contributed by atoms with Crippen LogP contribution in [0.4, 0.5) is 0 Å². The summed E-state index contributed by atoms with van der Waals surface area (Å²) in [6, 6.07) is -3.29. The first kappa shape index (κ1) is 23.1. The molecule has 0 saturated carbocycles. The minimum Gasteiger partial charge on any atom is -0.480 e. The molecule has 0 radical (unpaired) electrons. The zero-order chi connectivity index (χ0) is 19.6. The van der Waals surface area contributed by atoms with Gasteiger partial charge in [0, 0.05) is 5.75 Å². The molecule has 0 fully saturated rings. The van der Waals surface area contributed by atoms with Crippen LogP contribution in [0.1, 0.15) is 20.3 Å². The summed E-state index contributed by atoms with van der Waals surface area (Å²) in [5.74, 6) is -3.60. The zero-order valence-electron chi connectivity index (χ0n) is 14.2. The van der Waals surface area contributed by atoms with E-state index in [1.165, 1.54) is 0 Å². The van der Waals surface area contributed by atoms with Gasteiger partial charge < -0.3 is 31.9 Å². The van der Waals surface area contributed by atoms with E-state index in [1.54, 1.807) is 6.92 Å². The molecule has 11 heteroatoms. The maximum Gasteiger partial charge on any atom is 0.327 e. The van der Waals surface area contributed by atoms with Crippen LogP contribution in [0.2, 0.25) is 0 Å². The molecule has 0 aromatic heterocycles. The average Bonchev–Trinajstić information content (AvgIpc) is 2.59. The van der Waals surface area contributed by atoms with Gasteiger partial charge in [-0.15, -0.1) is 0 Å². The normalized spacial score (nSPS) is 15.4. The van der Waals surface area contributed by atoms with Gasteiger partial charge in [-0.1, -0.05) is 20.3 Å². The lowest BCUT2D eigenvalue weighted by molar-refractivity contribution is -0.141. The Morgan fingerprint density at radius 2 is 1.72 bits per heavy atom. The molecule has 4 unspecified atom stereocenters. The molecular weight excluding hydrogens is 352 g/mol. The Morgan fingerprint density at radius 1 is 1.12 bits per heavy atom. The molecule has 0 aromatic rings. The van der Waals surface area contributed by atoms with Gasteiger partial charge in [-0.05, 0) is 5.92 Å². The van der Waals surface area contributed by atoms with Crippen LogP contribution in [0.25, 0.3) is 0 Å². The van der Waals surface area contributed by atoms with Crippen LogP contribution >= 0.6 is 12.6 Å². The van der Waals surface area contributed by atoms with Crippen molar-refractivity contribution in [1.29, 1.82) is 0 Å². The third-order valence-electron chi connectivity index (χ3n) is 3.61. The van der Waals surface area contributed by atoms with Crippen molar-refractivity contribution in [1.82, 2.24) is 16.0 Å². The van der Waals surface area contributed by atoms with Crippen molar-refractivity contribution in [3.8, 4) is 0 Å². The number of thiol groups is 1. The molecule has 0 bridgehead atoms. The van der Waals surface area contributed by atoms with E-state index in [0.717, 1.165) is 0 Å². The van der Waals surface area contributed by atoms with Gasteiger partial charge in [-0.25, -0.2) is 4.79 Å². The van der Waals surface area contributed by atoms with Crippen LogP contribution in [-0.4, -0.2) is 70.9 Å². The van der Waals surface area contributed by atoms with Crippen molar-refractivity contribution in [2.75, 3.05) is 18.9 Å². The van der Waals surface area contributed by atoms with E-state index in [0.29, 0.717) is 6.42 Å². The van der Waals surface area contributed by atoms with Crippen molar-refractivity contribution in [2.24, 2.45) is 11.7 Å². The van der Waals surface area contributed by atoms with E-state index in [2.05, 4.69) is 28.6 Å². The van der Waals surface area contributed by atoms with Crippen LogP contribution in [-0.2, 0) is 19.2 Å². The summed E-state index contributed by atoms with van der Waals surface area (Å²) in [5.41, 5.74) is 5.74. The highest BCUT2D eigenvalue weighted by molar-refractivity contribution is 7.80. The molecule has 25 heavy (non-hydrogen) atoms. The third-order valence-corrected chi connectivity index (χ3v) is 3.98. The largest absolute Gasteiger partial charge is 0.480 e. The summed E-state index contributed by atoms with van der Waals surface area (Å²) in [6.07, 6.45) is 0.667. The topological polar surface area (TPSA) is 171 Å². The molecule has 0 rings (SSSR count). The quantitative estimate of drug-likeness (QED) is 0.194. The minimum atomic E-state index is -1.27. The molecule has 144 valence electrons. The first-order chi connectivity index (χ1) is 11.7. The number of hydrogen-bond donors (Lipinski definition) is 7. The van der Waals surface area contributed by atoms with Gasteiger partial charge in [0.15, 0.2) is 0 Å². The average molecular weight is 378 g/mol. The molecule has 0 aliphatic carbocycles. The van der Waals surface area contributed by atoms with Crippen molar-refractivity contribution >= 4 is 36.3 Å². The maximum atomic E-state index is 11.9. The summed E-state index contributed by atoms with van der Waals surface area (Å²) in [7, 11) is 0. The fourth-order valence-electron chi connectivity index (χ4n) is 1.70. The first-order valence-corrected chi connectivity index (χ1v) is 8.38. The molecule has 0 saturated heterocycles. The standard InChI is InChI=1S/C14H26N4O6S/c1-3-7(2)11(15)13(22)18-8(5-19)12(21)16-4-10(20)17-9(6-25)14(23)24/h7-9,11,19,25H,3-6,15H2,1-2H3,(H,16,21)(H,17,20)(H,18,22)(H,23,24). The van der Waals surface area contributed by atoms with Crippen LogP contribution in [0.15, 0.2) is 0 Å². The van der Waals surface area contributed by atoms with E-state index in [4.69, 9.17) is 10.8 Å². The number of aliphatic carboxylic acids is 1. The first-order valence-electron chi connectivity index (χ1n) is 7.75. The SMILES string of the molecule is CCC(C)C(N)C(=O)NC(CO)C(=O)NCC(=O)NC(CS)C(=O)O. The molecule has 4 atom stereocenters. The highest BCUT2D eigenvalue weighted by atomic mass is 32.1. The fourth-order valence-corrected chi connectivity index (χ4v) is 1.94. The number of hydrogen-bond acceptors (Lipinski definition) is 7. The molecule has 0 aliphatic heterocycles. The zero-order valence-corrected chi connectivity index (χ0v) is 15.1. The van der Waals surface area contributed by atoms with E-state index in [9.17, 15) is 24.3 Å². The van der Waals surface area contributed by atoms with Crippen molar-refractivity contribution in [3.63, 3.8) is 0 Å². The molecule has 3 amide bonds. The number of nitrogens with two attached hydrogens (primary N) is 1. The number of amides is 3. The van der Waals surface area contributed by atoms with Gasteiger partial charge in [-0.2, -0.15) is 12.6 Å². The Morgan fingerprint density at radius 3 is 2.16 bits per heavy atom. The monoisotopic (exact) mass is 378 g/mol. The molecule has 0 aliphatic rings. The number of aliphatic hydroxyl groups excluding tert-OH is 1. The Labute approximate surface area is 151 Å². The second-order valence-electron chi connectivity index (χ2n) is 5.51. The van der Waals surface area contributed by atoms with Crippen LogP contribution in [0.3, 0.4) is 0 Å². The van der Waals surface area contributed by atoms with Gasteiger partial charge in [0.25, 0.3) is 0 Å². The Balaban J connectivity index is 4.53. The van der Waals surface area contributed by atoms with Crippen molar-refractivity contribution < 1.29 is 29.4 Å². The molecule has 10 nitrogen and oxygen atoms in total. The van der Waals surface area contributed by atoms with Gasteiger partial charge in [0.1, 0.15) is 12.1 Å². The molecular formula is C14H26N4O6S. The van der Waals surface area contributed by atoms with Crippen LogP contribution < -0.4 is 21.7 Å². The summed E-state index contributed by atoms with van der Waals surface area (Å²) in [4.78, 5) is 46.2. The van der Waals surface area contributed by atoms with E-state index in [1.807, 2.05) is 6.92 Å². The molecule has 0 heterocycles. The lowest BCUT2D eigenvalue weighted by Crippen LogP contribution is -2.55. The predicted molar refractivity (Wildman–Crippen MR) is 92.9 cm³/mol. The summed E-state index contributed by atoms with van der Waals surface area (Å²) >= 11 is 3.79. The van der Waals surface area contributed by atoms with Gasteiger partial charge >= 0.3 is 5.97 Å². The molecule has 0 aromatic carbocycles. The number of nitrogens with one attached hydrogen (secondary N) is 3. The second kappa shape index (κ2) is 11.7. The Kier molecular flexibility index (Phi) is 10.8. The fraction of sp³-hybridized carbons (Fsp3) is 0.714. The molecule has 7 N–H and O–H groups in total. The maximum absolute atomic E-state index is 11.9. The Hall–Kier alpha value is -1.85. The number of carbonyl (C=O) groups excluding carboxylic acids is 3. The van der Waals surface area contributed by atoms with Crippen LogP contribution in [0, 0.1) is 5.92 Å². The number of carbonyl (C=O) groups is 4. The van der Waals surface area contributed by atoms with Gasteiger partial charge in [-0.3, -0.25) is 14.4 Å². The number of carboxylic acid groups (broad SMARTS) is 1. The summed E-state index contributed by atoms with van der Waals surface area (Å²) < 4.78 is 0. The second-order valence-corrected chi connectivity index (χ2v) is 5.88. The van der Waals surface area contributed by atoms with Crippen molar-refractivity contribution in [3.05, 3.63) is 0 Å². The predicted octanol–water partition coefficient (Wildman–Crippen LogP) is -2.55. The van der Waals surface area contributed by atoms with E-state index < -0.39 is 55.0 Å². The lowest BCUT2D eigenvalue weighted by Gasteiger charge is -2.22. The summed E-state index contributed by atoms with van der Waals surface area (Å²) in [6.45, 7) is 2.45. The highest BCUT2D eigenvalue weighted by Crippen LogP contribution is 2.05. The van der Waals surface area contributed by atoms with E-state index >= 15 is 0 Å². The number of carboxylic acids is 1. The van der Waals surface area contributed by atoms with Gasteiger partial charge in [0.2, 0.25) is 17.7 Å². The summed E-state index contributed by atoms with van der Waals surface area (Å²) in [5, 5.41) is 24.7.